The van der Waals surface area contributed by atoms with Crippen molar-refractivity contribution in [1.29, 1.82) is 0 Å². The average Bonchev–Trinajstić information content (AvgIpc) is 2.55. The first-order valence-corrected chi connectivity index (χ1v) is 7.61. The molecule has 3 nitrogen and oxygen atoms in total. The van der Waals surface area contributed by atoms with Gasteiger partial charge in [-0.2, -0.15) is 12.6 Å². The van der Waals surface area contributed by atoms with Crippen LogP contribution in [0, 0.1) is 0 Å². The van der Waals surface area contributed by atoms with Crippen LogP contribution in [0.3, 0.4) is 0 Å². The average molecular weight is 299 g/mol. The topological polar surface area (TPSA) is 29.5 Å². The van der Waals surface area contributed by atoms with Gasteiger partial charge in [-0.3, -0.25) is 4.79 Å². The first-order chi connectivity index (χ1) is 10.3. The number of benzene rings is 2. The number of thiol groups is 1. The molecule has 1 heterocycles. The van der Waals surface area contributed by atoms with E-state index in [2.05, 4.69) is 24.8 Å². The summed E-state index contributed by atoms with van der Waals surface area (Å²) in [5.41, 5.74) is 2.04. The number of para-hydroxylation sites is 2. The predicted octanol–water partition coefficient (Wildman–Crippen LogP) is 3.13. The second-order valence-corrected chi connectivity index (χ2v) is 5.42. The fourth-order valence-electron chi connectivity index (χ4n) is 2.57. The molecule has 1 aliphatic rings. The minimum atomic E-state index is -0.00332. The molecule has 0 aromatic heterocycles. The fourth-order valence-corrected chi connectivity index (χ4v) is 2.89. The lowest BCUT2D eigenvalue weighted by atomic mass is 10.00. The largest absolute Gasteiger partial charge is 0.482 e. The van der Waals surface area contributed by atoms with Crippen molar-refractivity contribution >= 4 is 24.2 Å². The molecule has 0 aliphatic carbocycles. The molecular weight excluding hydrogens is 282 g/mol. The van der Waals surface area contributed by atoms with Gasteiger partial charge >= 0.3 is 0 Å². The second-order valence-electron chi connectivity index (χ2n) is 5.05. The van der Waals surface area contributed by atoms with E-state index in [4.69, 9.17) is 4.74 Å². The molecule has 2 aromatic carbocycles. The highest BCUT2D eigenvalue weighted by Crippen LogP contribution is 2.33. The van der Waals surface area contributed by atoms with Crippen LogP contribution in [0.4, 0.5) is 5.69 Å². The smallest absolute Gasteiger partial charge is 0.265 e. The molecule has 2 aromatic rings. The molecule has 21 heavy (non-hydrogen) atoms. The molecule has 4 heteroatoms. The zero-order chi connectivity index (χ0) is 14.7. The Morgan fingerprint density at radius 3 is 2.57 bits per heavy atom. The summed E-state index contributed by atoms with van der Waals surface area (Å²) < 4.78 is 5.48. The van der Waals surface area contributed by atoms with Gasteiger partial charge in [0.2, 0.25) is 0 Å². The maximum Gasteiger partial charge on any atom is 0.265 e. The summed E-state index contributed by atoms with van der Waals surface area (Å²) in [7, 11) is 0. The number of hydrogen-bond donors (Lipinski definition) is 1. The number of rotatable bonds is 4. The molecule has 0 spiro atoms. The van der Waals surface area contributed by atoms with Gasteiger partial charge in [0, 0.05) is 12.5 Å². The predicted molar refractivity (Wildman–Crippen MR) is 87.3 cm³/mol. The lowest BCUT2D eigenvalue weighted by molar-refractivity contribution is -0.121. The van der Waals surface area contributed by atoms with Crippen LogP contribution in [0.25, 0.3) is 0 Å². The summed E-state index contributed by atoms with van der Waals surface area (Å²) >= 11 is 4.46. The molecule has 0 saturated carbocycles. The zero-order valence-corrected chi connectivity index (χ0v) is 12.5. The van der Waals surface area contributed by atoms with E-state index in [9.17, 15) is 4.79 Å². The number of nitrogens with zero attached hydrogens (tertiary/aromatic N) is 1. The Hall–Kier alpha value is -1.94. The number of carbonyl (C=O) groups excluding carboxylic acids is 1. The summed E-state index contributed by atoms with van der Waals surface area (Å²) in [4.78, 5) is 14.0. The van der Waals surface area contributed by atoms with E-state index in [0.29, 0.717) is 12.3 Å². The third-order valence-corrected chi connectivity index (χ3v) is 4.14. The highest BCUT2D eigenvalue weighted by Gasteiger charge is 2.27. The van der Waals surface area contributed by atoms with Gasteiger partial charge in [0.15, 0.2) is 6.61 Å². The Balaban J connectivity index is 1.88. The zero-order valence-electron chi connectivity index (χ0n) is 11.6. The normalized spacial score (nSPS) is 15.3. The van der Waals surface area contributed by atoms with Gasteiger partial charge in [-0.1, -0.05) is 42.5 Å². The van der Waals surface area contributed by atoms with Gasteiger partial charge in [0.1, 0.15) is 5.75 Å². The summed E-state index contributed by atoms with van der Waals surface area (Å²) in [5.74, 6) is 1.65. The van der Waals surface area contributed by atoms with Crippen molar-refractivity contribution < 1.29 is 9.53 Å². The minimum absolute atomic E-state index is 0.00332. The highest BCUT2D eigenvalue weighted by molar-refractivity contribution is 7.80. The Bertz CT molecular complexity index is 630. The molecule has 0 bridgehead atoms. The lowest BCUT2D eigenvalue weighted by Gasteiger charge is -2.32. The van der Waals surface area contributed by atoms with Crippen molar-refractivity contribution in [1.82, 2.24) is 0 Å². The van der Waals surface area contributed by atoms with Gasteiger partial charge < -0.3 is 9.64 Å². The van der Waals surface area contributed by atoms with Crippen molar-refractivity contribution in [2.75, 3.05) is 23.8 Å². The van der Waals surface area contributed by atoms with Gasteiger partial charge in [0.05, 0.1) is 5.69 Å². The van der Waals surface area contributed by atoms with Crippen LogP contribution in [0.5, 0.6) is 5.75 Å². The van der Waals surface area contributed by atoms with E-state index < -0.39 is 0 Å². The van der Waals surface area contributed by atoms with E-state index in [-0.39, 0.29) is 18.4 Å². The SMILES string of the molecule is O=C1COc2ccccc2N1CC(CS)c1ccccc1. The monoisotopic (exact) mass is 299 g/mol. The van der Waals surface area contributed by atoms with Crippen LogP contribution in [-0.4, -0.2) is 24.8 Å². The van der Waals surface area contributed by atoms with Crippen LogP contribution in [-0.2, 0) is 4.79 Å². The van der Waals surface area contributed by atoms with Crippen molar-refractivity contribution in [2.45, 2.75) is 5.92 Å². The molecule has 1 unspecified atom stereocenters. The fraction of sp³-hybridized carbons (Fsp3) is 0.235. The second kappa shape index (κ2) is 6.22. The third kappa shape index (κ3) is 2.90. The maximum absolute atomic E-state index is 12.2. The molecule has 108 valence electrons. The van der Waals surface area contributed by atoms with Crippen molar-refractivity contribution in [3.8, 4) is 5.75 Å². The van der Waals surface area contributed by atoms with E-state index in [1.807, 2.05) is 47.4 Å². The number of anilines is 1. The van der Waals surface area contributed by atoms with E-state index in [1.54, 1.807) is 0 Å². The Morgan fingerprint density at radius 2 is 1.81 bits per heavy atom. The van der Waals surface area contributed by atoms with Gasteiger partial charge in [-0.15, -0.1) is 0 Å². The molecule has 1 amide bonds. The van der Waals surface area contributed by atoms with Crippen LogP contribution in [0.2, 0.25) is 0 Å². The Morgan fingerprint density at radius 1 is 1.10 bits per heavy atom. The quantitative estimate of drug-likeness (QED) is 0.879. The van der Waals surface area contributed by atoms with E-state index in [0.717, 1.165) is 11.4 Å². The molecular formula is C17H17NO2S. The summed E-state index contributed by atoms with van der Waals surface area (Å²) in [6, 6.07) is 17.8. The molecule has 1 atom stereocenters. The van der Waals surface area contributed by atoms with Crippen LogP contribution in [0.15, 0.2) is 54.6 Å². The lowest BCUT2D eigenvalue weighted by Crippen LogP contribution is -2.41. The first kappa shape index (κ1) is 14.0. The number of hydrogen-bond acceptors (Lipinski definition) is 3. The van der Waals surface area contributed by atoms with E-state index in [1.165, 1.54) is 5.56 Å². The van der Waals surface area contributed by atoms with Gasteiger partial charge in [-0.05, 0) is 23.4 Å². The van der Waals surface area contributed by atoms with Crippen LogP contribution < -0.4 is 9.64 Å². The number of amides is 1. The first-order valence-electron chi connectivity index (χ1n) is 6.97. The standard InChI is InChI=1S/C17H17NO2S/c19-17-11-20-16-9-5-4-8-15(16)18(17)10-14(12-21)13-6-2-1-3-7-13/h1-9,14,21H,10-12H2. The molecule has 0 fully saturated rings. The van der Waals surface area contributed by atoms with Crippen molar-refractivity contribution in [2.24, 2.45) is 0 Å². The number of fused-ring (bicyclic) bond motifs is 1. The molecule has 0 saturated heterocycles. The van der Waals surface area contributed by atoms with Gasteiger partial charge in [-0.25, -0.2) is 0 Å². The van der Waals surface area contributed by atoms with E-state index >= 15 is 0 Å². The number of carbonyl (C=O) groups is 1. The summed E-state index contributed by atoms with van der Waals surface area (Å²) in [6.45, 7) is 0.720. The Labute approximate surface area is 129 Å². The summed E-state index contributed by atoms with van der Waals surface area (Å²) in [6.07, 6.45) is 0. The minimum Gasteiger partial charge on any atom is -0.482 e. The molecule has 1 aliphatic heterocycles. The van der Waals surface area contributed by atoms with Crippen LogP contribution in [0.1, 0.15) is 11.5 Å². The molecule has 3 rings (SSSR count). The Kier molecular flexibility index (Phi) is 4.15. The number of ether oxygens (including phenoxy) is 1. The third-order valence-electron chi connectivity index (χ3n) is 3.70. The molecule has 0 radical (unpaired) electrons. The maximum atomic E-state index is 12.2. The van der Waals surface area contributed by atoms with Gasteiger partial charge in [0.25, 0.3) is 5.91 Å². The summed E-state index contributed by atoms with van der Waals surface area (Å²) in [5, 5.41) is 0. The highest BCUT2D eigenvalue weighted by atomic mass is 32.1. The molecule has 0 N–H and O–H groups in total. The van der Waals surface area contributed by atoms with Crippen LogP contribution >= 0.6 is 12.6 Å². The van der Waals surface area contributed by atoms with Crippen molar-refractivity contribution in [3.63, 3.8) is 0 Å². The van der Waals surface area contributed by atoms with Crippen molar-refractivity contribution in [3.05, 3.63) is 60.2 Å².